The molecule has 0 unspecified atom stereocenters. The minimum absolute atomic E-state index is 0.244. The average Bonchev–Trinajstić information content (AvgIpc) is 2.59. The number of carbonyl (C=O) groups excluding carboxylic acids is 1. The first-order valence-electron chi connectivity index (χ1n) is 7.17. The Hall–Kier alpha value is -2.99. The lowest BCUT2D eigenvalue weighted by atomic mass is 10.2. The highest BCUT2D eigenvalue weighted by atomic mass is 35.5. The van der Waals surface area contributed by atoms with Crippen LogP contribution in [0.5, 0.6) is 0 Å². The van der Waals surface area contributed by atoms with Crippen LogP contribution in [0.25, 0.3) is 11.3 Å². The molecule has 0 aliphatic carbocycles. The molecule has 0 fully saturated rings. The zero-order chi connectivity index (χ0) is 16.9. The van der Waals surface area contributed by atoms with E-state index in [1.54, 1.807) is 24.3 Å². The van der Waals surface area contributed by atoms with Gasteiger partial charge in [0.05, 0.1) is 22.6 Å². The Morgan fingerprint density at radius 1 is 1.08 bits per heavy atom. The number of nitrogens with one attached hydrogen (secondary N) is 1. The molecule has 7 heteroatoms. The number of rotatable bonds is 4. The number of nitrogens with zero attached hydrogens (tertiary/aromatic N) is 3. The van der Waals surface area contributed by atoms with E-state index in [4.69, 9.17) is 11.6 Å². The predicted octanol–water partition coefficient (Wildman–Crippen LogP) is 2.60. The molecule has 1 N–H and O–H groups in total. The molecule has 1 aromatic heterocycles. The second-order valence-corrected chi connectivity index (χ2v) is 5.38. The van der Waals surface area contributed by atoms with E-state index < -0.39 is 11.6 Å². The number of para-hydroxylation sites is 1. The molecule has 1 heterocycles. The molecule has 3 rings (SSSR count). The summed E-state index contributed by atoms with van der Waals surface area (Å²) >= 11 is 5.98. The van der Waals surface area contributed by atoms with Gasteiger partial charge in [0, 0.05) is 5.56 Å². The van der Waals surface area contributed by atoms with Gasteiger partial charge in [-0.1, -0.05) is 54.1 Å². The third-order valence-electron chi connectivity index (χ3n) is 3.27. The molecule has 0 aliphatic rings. The van der Waals surface area contributed by atoms with Crippen LogP contribution >= 0.6 is 11.6 Å². The minimum Gasteiger partial charge on any atom is -0.323 e. The third kappa shape index (κ3) is 3.67. The summed E-state index contributed by atoms with van der Waals surface area (Å²) in [5, 5.41) is 7.06. The molecule has 24 heavy (non-hydrogen) atoms. The molecule has 0 aliphatic heterocycles. The van der Waals surface area contributed by atoms with Gasteiger partial charge in [-0.15, -0.1) is 0 Å². The van der Waals surface area contributed by atoms with Crippen molar-refractivity contribution in [3.05, 3.63) is 76.3 Å². The normalized spacial score (nSPS) is 10.4. The van der Waals surface area contributed by atoms with Gasteiger partial charge < -0.3 is 5.32 Å². The fourth-order valence-electron chi connectivity index (χ4n) is 2.11. The molecule has 2 aromatic carbocycles. The molecule has 0 spiro atoms. The van der Waals surface area contributed by atoms with E-state index >= 15 is 0 Å². The number of benzene rings is 2. The van der Waals surface area contributed by atoms with Gasteiger partial charge in [0.2, 0.25) is 5.91 Å². The zero-order valence-electron chi connectivity index (χ0n) is 12.5. The van der Waals surface area contributed by atoms with Crippen LogP contribution in [-0.2, 0) is 11.3 Å². The minimum atomic E-state index is -0.592. The summed E-state index contributed by atoms with van der Waals surface area (Å²) < 4.78 is 0.999. The maximum absolute atomic E-state index is 12.1. The Labute approximate surface area is 142 Å². The Kier molecular flexibility index (Phi) is 4.67. The van der Waals surface area contributed by atoms with Gasteiger partial charge in [-0.25, -0.2) is 9.48 Å². The van der Waals surface area contributed by atoms with Gasteiger partial charge in [-0.05, 0) is 12.1 Å². The van der Waals surface area contributed by atoms with E-state index in [-0.39, 0.29) is 6.54 Å². The van der Waals surface area contributed by atoms with Crippen LogP contribution in [0.4, 0.5) is 5.69 Å². The molecular weight excluding hydrogens is 328 g/mol. The number of carbonyl (C=O) groups is 1. The molecule has 0 saturated heterocycles. The van der Waals surface area contributed by atoms with Crippen LogP contribution in [0.3, 0.4) is 0 Å². The largest absolute Gasteiger partial charge is 0.365 e. The van der Waals surface area contributed by atoms with Crippen LogP contribution in [0, 0.1) is 0 Å². The van der Waals surface area contributed by atoms with Gasteiger partial charge in [-0.3, -0.25) is 4.79 Å². The van der Waals surface area contributed by atoms with Crippen molar-refractivity contribution in [2.75, 3.05) is 5.32 Å². The number of anilines is 1. The van der Waals surface area contributed by atoms with Crippen molar-refractivity contribution in [1.82, 2.24) is 14.8 Å². The summed E-state index contributed by atoms with van der Waals surface area (Å²) in [6.07, 6.45) is 1.46. The SMILES string of the molecule is O=C(Cn1ncc(-c2ccccc2)nc1=O)Nc1ccccc1Cl. The van der Waals surface area contributed by atoms with Gasteiger partial charge in [0.15, 0.2) is 0 Å². The first-order chi connectivity index (χ1) is 11.6. The van der Waals surface area contributed by atoms with E-state index in [2.05, 4.69) is 15.4 Å². The topological polar surface area (TPSA) is 76.9 Å². The fraction of sp³-hybridized carbons (Fsp3) is 0.0588. The summed E-state index contributed by atoms with van der Waals surface area (Å²) in [5.74, 6) is -0.410. The molecule has 0 saturated carbocycles. The second kappa shape index (κ2) is 7.06. The average molecular weight is 341 g/mol. The molecule has 1 amide bonds. The van der Waals surface area contributed by atoms with E-state index in [0.717, 1.165) is 10.2 Å². The van der Waals surface area contributed by atoms with Crippen LogP contribution in [0.1, 0.15) is 0 Å². The summed E-state index contributed by atoms with van der Waals surface area (Å²) in [6, 6.07) is 16.1. The van der Waals surface area contributed by atoms with Crippen molar-refractivity contribution in [2.24, 2.45) is 0 Å². The highest BCUT2D eigenvalue weighted by molar-refractivity contribution is 6.33. The lowest BCUT2D eigenvalue weighted by Crippen LogP contribution is -2.31. The molecule has 120 valence electrons. The van der Waals surface area contributed by atoms with Crippen LogP contribution in [-0.4, -0.2) is 20.7 Å². The summed E-state index contributed by atoms with van der Waals surface area (Å²) in [6.45, 7) is -0.244. The third-order valence-corrected chi connectivity index (χ3v) is 3.60. The Morgan fingerprint density at radius 2 is 1.79 bits per heavy atom. The maximum Gasteiger partial charge on any atom is 0.365 e. The fourth-order valence-corrected chi connectivity index (χ4v) is 2.29. The summed E-state index contributed by atoms with van der Waals surface area (Å²) in [5.41, 5.74) is 1.13. The summed E-state index contributed by atoms with van der Waals surface area (Å²) in [4.78, 5) is 28.1. The van der Waals surface area contributed by atoms with Gasteiger partial charge >= 0.3 is 5.69 Å². The van der Waals surface area contributed by atoms with Crippen LogP contribution in [0.2, 0.25) is 5.02 Å². The highest BCUT2D eigenvalue weighted by Crippen LogP contribution is 2.20. The molecule has 0 radical (unpaired) electrons. The van der Waals surface area contributed by atoms with Crippen LogP contribution in [0.15, 0.2) is 65.6 Å². The lowest BCUT2D eigenvalue weighted by molar-refractivity contribution is -0.117. The Balaban J connectivity index is 1.75. The lowest BCUT2D eigenvalue weighted by Gasteiger charge is -2.08. The zero-order valence-corrected chi connectivity index (χ0v) is 13.3. The van der Waals surface area contributed by atoms with Crippen molar-refractivity contribution >= 4 is 23.2 Å². The number of halogens is 1. The number of aromatic nitrogens is 3. The van der Waals surface area contributed by atoms with E-state index in [9.17, 15) is 9.59 Å². The van der Waals surface area contributed by atoms with Crippen molar-refractivity contribution in [3.8, 4) is 11.3 Å². The van der Waals surface area contributed by atoms with Gasteiger partial charge in [0.25, 0.3) is 0 Å². The molecule has 0 atom stereocenters. The van der Waals surface area contributed by atoms with Crippen molar-refractivity contribution < 1.29 is 4.79 Å². The number of amides is 1. The highest BCUT2D eigenvalue weighted by Gasteiger charge is 2.10. The monoisotopic (exact) mass is 340 g/mol. The van der Waals surface area contributed by atoms with E-state index in [0.29, 0.717) is 16.4 Å². The van der Waals surface area contributed by atoms with Gasteiger partial charge in [0.1, 0.15) is 6.54 Å². The second-order valence-electron chi connectivity index (χ2n) is 4.98. The van der Waals surface area contributed by atoms with Crippen molar-refractivity contribution in [1.29, 1.82) is 0 Å². The quantitative estimate of drug-likeness (QED) is 0.792. The number of hydrogen-bond donors (Lipinski definition) is 1. The van der Waals surface area contributed by atoms with Crippen LogP contribution < -0.4 is 11.0 Å². The Morgan fingerprint density at radius 3 is 2.50 bits per heavy atom. The summed E-state index contributed by atoms with van der Waals surface area (Å²) in [7, 11) is 0. The van der Waals surface area contributed by atoms with Crippen molar-refractivity contribution in [2.45, 2.75) is 6.54 Å². The number of hydrogen-bond acceptors (Lipinski definition) is 4. The standard InChI is InChI=1S/C17H13ClN4O2/c18-13-8-4-5-9-14(13)20-16(23)11-22-17(24)21-15(10-19-22)12-6-2-1-3-7-12/h1-10H,11H2,(H,20,23). The first-order valence-corrected chi connectivity index (χ1v) is 7.55. The molecule has 0 bridgehead atoms. The Bertz CT molecular complexity index is 925. The molecule has 6 nitrogen and oxygen atoms in total. The smallest absolute Gasteiger partial charge is 0.323 e. The van der Waals surface area contributed by atoms with E-state index in [1.807, 2.05) is 30.3 Å². The molecule has 3 aromatic rings. The maximum atomic E-state index is 12.1. The first kappa shape index (κ1) is 15.9. The molecular formula is C17H13ClN4O2. The van der Waals surface area contributed by atoms with E-state index in [1.165, 1.54) is 6.20 Å². The predicted molar refractivity (Wildman–Crippen MR) is 91.8 cm³/mol. The van der Waals surface area contributed by atoms with Gasteiger partial charge in [-0.2, -0.15) is 10.1 Å². The van der Waals surface area contributed by atoms with Crippen molar-refractivity contribution in [3.63, 3.8) is 0 Å².